The lowest BCUT2D eigenvalue weighted by atomic mass is 10.0. The largest absolute Gasteiger partial charge is 0.390 e. The number of rotatable bonds is 4. The molecular formula is C20H18N4O2S. The van der Waals surface area contributed by atoms with Crippen molar-refractivity contribution in [1.29, 1.82) is 0 Å². The van der Waals surface area contributed by atoms with E-state index in [9.17, 15) is 10.2 Å². The van der Waals surface area contributed by atoms with Gasteiger partial charge >= 0.3 is 0 Å². The Bertz CT molecular complexity index is 1080. The van der Waals surface area contributed by atoms with Gasteiger partial charge in [-0.05, 0) is 43.7 Å². The van der Waals surface area contributed by atoms with Crippen LogP contribution >= 0.6 is 11.3 Å². The summed E-state index contributed by atoms with van der Waals surface area (Å²) in [4.78, 5) is 17.5. The molecule has 0 saturated carbocycles. The summed E-state index contributed by atoms with van der Waals surface area (Å²) in [5.41, 5.74) is 4.54. The fourth-order valence-corrected chi connectivity index (χ4v) is 3.80. The minimum atomic E-state index is -1.10. The Morgan fingerprint density at radius 2 is 1.78 bits per heavy atom. The molecule has 2 unspecified atom stereocenters. The average Bonchev–Trinajstić information content (AvgIpc) is 3.07. The van der Waals surface area contributed by atoms with Crippen LogP contribution in [0, 0.1) is 6.92 Å². The van der Waals surface area contributed by atoms with Crippen molar-refractivity contribution >= 4 is 21.6 Å². The Hall–Kier alpha value is -2.74. The van der Waals surface area contributed by atoms with E-state index >= 15 is 0 Å². The zero-order chi connectivity index (χ0) is 19.0. The monoisotopic (exact) mass is 378 g/mol. The lowest BCUT2D eigenvalue weighted by Crippen LogP contribution is -2.16. The van der Waals surface area contributed by atoms with Gasteiger partial charge in [0.15, 0.2) is 5.82 Å². The van der Waals surface area contributed by atoms with Gasteiger partial charge in [-0.25, -0.2) is 15.0 Å². The SMILES string of the molecule is Cc1nc2cc(-c3cnc(C(O)C(C)O)nc3)cc(-c3ccccn3)c2s1. The van der Waals surface area contributed by atoms with Crippen LogP contribution in [0.2, 0.25) is 0 Å². The van der Waals surface area contributed by atoms with Crippen molar-refractivity contribution < 1.29 is 10.2 Å². The number of aliphatic hydroxyl groups excluding tert-OH is 2. The molecule has 6 nitrogen and oxygen atoms in total. The van der Waals surface area contributed by atoms with Crippen LogP contribution in [0.15, 0.2) is 48.9 Å². The summed E-state index contributed by atoms with van der Waals surface area (Å²) in [5, 5.41) is 20.4. The zero-order valence-corrected chi connectivity index (χ0v) is 15.7. The van der Waals surface area contributed by atoms with E-state index in [1.54, 1.807) is 29.9 Å². The van der Waals surface area contributed by atoms with Crippen molar-refractivity contribution in [2.75, 3.05) is 0 Å². The highest BCUT2D eigenvalue weighted by molar-refractivity contribution is 7.19. The molecule has 3 heterocycles. The summed E-state index contributed by atoms with van der Waals surface area (Å²) in [6.07, 6.45) is 3.04. The van der Waals surface area contributed by atoms with Gasteiger partial charge < -0.3 is 10.2 Å². The third-order valence-electron chi connectivity index (χ3n) is 4.26. The molecule has 136 valence electrons. The predicted octanol–water partition coefficient (Wildman–Crippen LogP) is 3.54. The molecular weight excluding hydrogens is 360 g/mol. The molecule has 4 aromatic rings. The number of hydrogen-bond donors (Lipinski definition) is 2. The van der Waals surface area contributed by atoms with Crippen molar-refractivity contribution in [3.63, 3.8) is 0 Å². The quantitative estimate of drug-likeness (QED) is 0.564. The fraction of sp³-hybridized carbons (Fsp3) is 0.200. The highest BCUT2D eigenvalue weighted by atomic mass is 32.1. The first-order valence-corrected chi connectivity index (χ1v) is 9.35. The van der Waals surface area contributed by atoms with E-state index in [1.807, 2.05) is 31.2 Å². The van der Waals surface area contributed by atoms with E-state index in [0.717, 1.165) is 37.6 Å². The van der Waals surface area contributed by atoms with Gasteiger partial charge in [-0.1, -0.05) is 6.07 Å². The summed E-state index contributed by atoms with van der Waals surface area (Å²) in [5.74, 6) is 0.198. The van der Waals surface area contributed by atoms with E-state index in [4.69, 9.17) is 0 Å². The van der Waals surface area contributed by atoms with Crippen LogP contribution in [0.4, 0.5) is 0 Å². The highest BCUT2D eigenvalue weighted by Gasteiger charge is 2.17. The maximum atomic E-state index is 9.90. The van der Waals surface area contributed by atoms with E-state index < -0.39 is 12.2 Å². The molecule has 3 aromatic heterocycles. The van der Waals surface area contributed by atoms with E-state index in [2.05, 4.69) is 26.0 Å². The van der Waals surface area contributed by atoms with Crippen LogP contribution in [0.5, 0.6) is 0 Å². The number of aliphatic hydroxyl groups is 2. The number of aryl methyl sites for hydroxylation is 1. The Morgan fingerprint density at radius 3 is 2.44 bits per heavy atom. The van der Waals surface area contributed by atoms with Gasteiger partial charge in [0.2, 0.25) is 0 Å². The number of benzene rings is 1. The van der Waals surface area contributed by atoms with Gasteiger partial charge in [-0.15, -0.1) is 11.3 Å². The summed E-state index contributed by atoms with van der Waals surface area (Å²) in [6.45, 7) is 3.49. The van der Waals surface area contributed by atoms with Gasteiger partial charge in [0.1, 0.15) is 6.10 Å². The molecule has 7 heteroatoms. The zero-order valence-electron chi connectivity index (χ0n) is 14.9. The molecule has 0 aliphatic rings. The van der Waals surface area contributed by atoms with Gasteiger partial charge in [-0.3, -0.25) is 4.98 Å². The number of aromatic nitrogens is 4. The molecule has 1 aromatic carbocycles. The number of nitrogens with zero attached hydrogens (tertiary/aromatic N) is 4. The molecule has 0 amide bonds. The molecule has 0 saturated heterocycles. The van der Waals surface area contributed by atoms with E-state index in [-0.39, 0.29) is 5.82 Å². The van der Waals surface area contributed by atoms with Gasteiger partial charge in [0.05, 0.1) is 27.0 Å². The van der Waals surface area contributed by atoms with Crippen molar-refractivity contribution in [3.05, 3.63) is 59.8 Å². The first kappa shape index (κ1) is 17.7. The molecule has 4 rings (SSSR count). The molecule has 0 aliphatic carbocycles. The minimum Gasteiger partial charge on any atom is -0.390 e. The normalized spacial score (nSPS) is 13.6. The number of pyridine rings is 1. The highest BCUT2D eigenvalue weighted by Crippen LogP contribution is 2.36. The van der Waals surface area contributed by atoms with E-state index in [1.165, 1.54) is 6.92 Å². The Morgan fingerprint density at radius 1 is 1.00 bits per heavy atom. The topological polar surface area (TPSA) is 92.0 Å². The lowest BCUT2D eigenvalue weighted by molar-refractivity contribution is 0.0249. The maximum Gasteiger partial charge on any atom is 0.159 e. The molecule has 2 atom stereocenters. The average molecular weight is 378 g/mol. The summed E-state index contributed by atoms with van der Waals surface area (Å²) in [7, 11) is 0. The van der Waals surface area contributed by atoms with Gasteiger partial charge in [0.25, 0.3) is 0 Å². The first-order chi connectivity index (χ1) is 13.0. The third kappa shape index (κ3) is 3.44. The Kier molecular flexibility index (Phi) is 4.65. The molecule has 27 heavy (non-hydrogen) atoms. The number of hydrogen-bond acceptors (Lipinski definition) is 7. The first-order valence-electron chi connectivity index (χ1n) is 8.54. The number of fused-ring (bicyclic) bond motifs is 1. The third-order valence-corrected chi connectivity index (χ3v) is 5.28. The number of thiazole rings is 1. The van der Waals surface area contributed by atoms with Crippen LogP contribution < -0.4 is 0 Å². The maximum absolute atomic E-state index is 9.90. The minimum absolute atomic E-state index is 0.198. The van der Waals surface area contributed by atoms with Crippen molar-refractivity contribution in [2.45, 2.75) is 26.1 Å². The molecule has 0 fully saturated rings. The van der Waals surface area contributed by atoms with Crippen LogP contribution in [-0.2, 0) is 0 Å². The summed E-state index contributed by atoms with van der Waals surface area (Å²) in [6, 6.07) is 9.90. The van der Waals surface area contributed by atoms with Crippen molar-refractivity contribution in [3.8, 4) is 22.4 Å². The molecule has 0 aliphatic heterocycles. The van der Waals surface area contributed by atoms with Crippen LogP contribution in [0.1, 0.15) is 23.9 Å². The predicted molar refractivity (Wildman–Crippen MR) is 105 cm³/mol. The standard InChI is InChI=1S/C20H18N4O2S/c1-11(25)18(26)20-22-9-14(10-23-20)13-7-15(16-5-3-4-6-21-16)19-17(8-13)24-12(2)27-19/h3-11,18,25-26H,1-2H3. The second-order valence-electron chi connectivity index (χ2n) is 6.34. The Labute approximate surface area is 160 Å². The van der Waals surface area contributed by atoms with Crippen LogP contribution in [-0.4, -0.2) is 36.3 Å². The molecule has 0 radical (unpaired) electrons. The second kappa shape index (κ2) is 7.11. The van der Waals surface area contributed by atoms with Gasteiger partial charge in [0, 0.05) is 29.7 Å². The van der Waals surface area contributed by atoms with E-state index in [0.29, 0.717) is 0 Å². The van der Waals surface area contributed by atoms with Crippen LogP contribution in [0.3, 0.4) is 0 Å². The Balaban J connectivity index is 1.83. The fourth-order valence-electron chi connectivity index (χ4n) is 2.88. The summed E-state index contributed by atoms with van der Waals surface area (Å²) < 4.78 is 1.09. The molecule has 2 N–H and O–H groups in total. The summed E-state index contributed by atoms with van der Waals surface area (Å²) >= 11 is 1.64. The molecule has 0 bridgehead atoms. The van der Waals surface area contributed by atoms with Crippen LogP contribution in [0.25, 0.3) is 32.6 Å². The second-order valence-corrected chi connectivity index (χ2v) is 7.54. The molecule has 0 spiro atoms. The lowest BCUT2D eigenvalue weighted by Gasteiger charge is -2.12. The van der Waals surface area contributed by atoms with Gasteiger partial charge in [-0.2, -0.15) is 0 Å². The smallest absolute Gasteiger partial charge is 0.159 e. The van der Waals surface area contributed by atoms with Crippen molar-refractivity contribution in [1.82, 2.24) is 19.9 Å². The van der Waals surface area contributed by atoms with Crippen molar-refractivity contribution in [2.24, 2.45) is 0 Å².